The Labute approximate surface area is 96.5 Å². The molecule has 0 aliphatic carbocycles. The van der Waals surface area contributed by atoms with E-state index in [2.05, 4.69) is 11.2 Å². The Morgan fingerprint density at radius 2 is 2.25 bits per heavy atom. The van der Waals surface area contributed by atoms with Gasteiger partial charge in [0, 0.05) is 32.3 Å². The summed E-state index contributed by atoms with van der Waals surface area (Å²) in [6.45, 7) is 3.73. The minimum atomic E-state index is 0.00616. The van der Waals surface area contributed by atoms with Crippen molar-refractivity contribution < 1.29 is 9.47 Å². The average molecular weight is 227 g/mol. The van der Waals surface area contributed by atoms with E-state index >= 15 is 0 Å². The fourth-order valence-electron chi connectivity index (χ4n) is 1.56. The van der Waals surface area contributed by atoms with Crippen LogP contribution in [-0.4, -0.2) is 42.8 Å². The van der Waals surface area contributed by atoms with Crippen LogP contribution in [0.1, 0.15) is 11.4 Å². The number of methoxy groups -OCH3 is 1. The van der Waals surface area contributed by atoms with Crippen molar-refractivity contribution in [3.05, 3.63) is 17.5 Å². The van der Waals surface area contributed by atoms with Gasteiger partial charge in [-0.2, -0.15) is 5.10 Å². The molecule has 0 bridgehead atoms. The maximum atomic E-state index is 5.96. The smallest absolute Gasteiger partial charge is 0.0701 e. The monoisotopic (exact) mass is 227 g/mol. The second-order valence-electron chi connectivity index (χ2n) is 3.93. The number of nitrogens with zero attached hydrogens (tertiary/aromatic N) is 2. The van der Waals surface area contributed by atoms with Gasteiger partial charge >= 0.3 is 0 Å². The van der Waals surface area contributed by atoms with Crippen molar-refractivity contribution in [1.82, 2.24) is 9.78 Å². The Hall–Kier alpha value is -0.910. The first-order chi connectivity index (χ1) is 7.63. The highest BCUT2D eigenvalue weighted by atomic mass is 16.5. The second kappa shape index (κ2) is 6.62. The zero-order chi connectivity index (χ0) is 12.0. The molecule has 0 aliphatic rings. The summed E-state index contributed by atoms with van der Waals surface area (Å²) in [6.07, 6.45) is 0.782. The molecule has 2 N–H and O–H groups in total. The summed E-state index contributed by atoms with van der Waals surface area (Å²) >= 11 is 0. The molecule has 0 aliphatic heterocycles. The Morgan fingerprint density at radius 3 is 2.81 bits per heavy atom. The Balaban J connectivity index is 2.28. The van der Waals surface area contributed by atoms with E-state index in [0.717, 1.165) is 17.8 Å². The first-order valence-corrected chi connectivity index (χ1v) is 5.45. The number of nitrogens with two attached hydrogens (primary N) is 1. The summed E-state index contributed by atoms with van der Waals surface area (Å²) in [6, 6.07) is 2.06. The number of hydrogen-bond donors (Lipinski definition) is 1. The van der Waals surface area contributed by atoms with Gasteiger partial charge < -0.3 is 15.2 Å². The van der Waals surface area contributed by atoms with Crippen molar-refractivity contribution in [2.45, 2.75) is 19.4 Å². The lowest BCUT2D eigenvalue weighted by Gasteiger charge is -2.11. The molecular weight excluding hydrogens is 206 g/mol. The van der Waals surface area contributed by atoms with Crippen LogP contribution in [0.4, 0.5) is 0 Å². The molecule has 5 nitrogen and oxygen atoms in total. The first kappa shape index (κ1) is 13.2. The summed E-state index contributed by atoms with van der Waals surface area (Å²) in [5, 5.41) is 4.27. The summed E-state index contributed by atoms with van der Waals surface area (Å²) in [5.41, 5.74) is 8.12. The van der Waals surface area contributed by atoms with Gasteiger partial charge in [-0.15, -0.1) is 0 Å². The molecule has 0 spiro atoms. The van der Waals surface area contributed by atoms with Crippen LogP contribution in [0.2, 0.25) is 0 Å². The van der Waals surface area contributed by atoms with E-state index in [9.17, 15) is 0 Å². The van der Waals surface area contributed by atoms with Gasteiger partial charge in [-0.3, -0.25) is 4.68 Å². The van der Waals surface area contributed by atoms with Gasteiger partial charge in [-0.25, -0.2) is 0 Å². The number of ether oxygens (including phenoxy) is 2. The molecular formula is C11H21N3O2. The molecule has 1 aromatic heterocycles. The van der Waals surface area contributed by atoms with Crippen LogP contribution in [0, 0.1) is 6.92 Å². The lowest BCUT2D eigenvalue weighted by atomic mass is 10.2. The highest BCUT2D eigenvalue weighted by molar-refractivity contribution is 5.09. The standard InChI is InChI=1S/C11H21N3O2/c1-9-6-11(14(2)13-9)7-10(12)8-16-5-4-15-3/h6,10H,4-5,7-8,12H2,1-3H3. The van der Waals surface area contributed by atoms with Gasteiger partial charge in [-0.1, -0.05) is 0 Å². The fourth-order valence-corrected chi connectivity index (χ4v) is 1.56. The van der Waals surface area contributed by atoms with Gasteiger partial charge in [-0.05, 0) is 13.0 Å². The lowest BCUT2D eigenvalue weighted by Crippen LogP contribution is -2.30. The molecule has 1 unspecified atom stereocenters. The zero-order valence-corrected chi connectivity index (χ0v) is 10.3. The maximum absolute atomic E-state index is 5.96. The van der Waals surface area contributed by atoms with Crippen molar-refractivity contribution in [2.24, 2.45) is 12.8 Å². The van der Waals surface area contributed by atoms with Crippen molar-refractivity contribution >= 4 is 0 Å². The molecule has 16 heavy (non-hydrogen) atoms. The van der Waals surface area contributed by atoms with E-state index in [4.69, 9.17) is 15.2 Å². The molecule has 0 saturated heterocycles. The topological polar surface area (TPSA) is 62.3 Å². The van der Waals surface area contributed by atoms with E-state index in [1.54, 1.807) is 7.11 Å². The summed E-state index contributed by atoms with van der Waals surface area (Å²) in [7, 11) is 3.59. The van der Waals surface area contributed by atoms with Crippen LogP contribution < -0.4 is 5.73 Å². The van der Waals surface area contributed by atoms with Crippen molar-refractivity contribution in [3.8, 4) is 0 Å². The zero-order valence-electron chi connectivity index (χ0n) is 10.3. The summed E-state index contributed by atoms with van der Waals surface area (Å²) in [4.78, 5) is 0. The molecule has 0 aromatic carbocycles. The van der Waals surface area contributed by atoms with Gasteiger partial charge in [0.05, 0.1) is 25.5 Å². The molecule has 1 rings (SSSR count). The first-order valence-electron chi connectivity index (χ1n) is 5.45. The Kier molecular flexibility index (Phi) is 5.45. The highest BCUT2D eigenvalue weighted by Crippen LogP contribution is 2.04. The lowest BCUT2D eigenvalue weighted by molar-refractivity contribution is 0.0635. The summed E-state index contributed by atoms with van der Waals surface area (Å²) in [5.74, 6) is 0. The van der Waals surface area contributed by atoms with Crippen LogP contribution in [0.15, 0.2) is 6.07 Å². The Bertz CT molecular complexity index is 312. The van der Waals surface area contributed by atoms with Crippen LogP contribution in [-0.2, 0) is 22.9 Å². The average Bonchev–Trinajstić information content (AvgIpc) is 2.52. The van der Waals surface area contributed by atoms with Crippen LogP contribution in [0.3, 0.4) is 0 Å². The third kappa shape index (κ3) is 4.30. The largest absolute Gasteiger partial charge is 0.382 e. The quantitative estimate of drug-likeness (QED) is 0.679. The van der Waals surface area contributed by atoms with Crippen molar-refractivity contribution in [2.75, 3.05) is 26.9 Å². The molecule has 92 valence electrons. The van der Waals surface area contributed by atoms with E-state index in [1.165, 1.54) is 0 Å². The van der Waals surface area contributed by atoms with Crippen LogP contribution >= 0.6 is 0 Å². The van der Waals surface area contributed by atoms with E-state index in [-0.39, 0.29) is 6.04 Å². The van der Waals surface area contributed by atoms with E-state index < -0.39 is 0 Å². The summed E-state index contributed by atoms with van der Waals surface area (Å²) < 4.78 is 12.1. The molecule has 1 heterocycles. The van der Waals surface area contributed by atoms with Gasteiger partial charge in [0.1, 0.15) is 0 Å². The molecule has 1 atom stereocenters. The predicted octanol–water partition coefficient (Wildman–Crippen LogP) is 0.261. The van der Waals surface area contributed by atoms with Gasteiger partial charge in [0.25, 0.3) is 0 Å². The third-order valence-corrected chi connectivity index (χ3v) is 2.33. The van der Waals surface area contributed by atoms with E-state index in [0.29, 0.717) is 19.8 Å². The number of hydrogen-bond acceptors (Lipinski definition) is 4. The molecule has 0 radical (unpaired) electrons. The second-order valence-corrected chi connectivity index (χ2v) is 3.93. The van der Waals surface area contributed by atoms with Gasteiger partial charge in [0.2, 0.25) is 0 Å². The molecule has 1 aromatic rings. The van der Waals surface area contributed by atoms with E-state index in [1.807, 2.05) is 18.7 Å². The highest BCUT2D eigenvalue weighted by Gasteiger charge is 2.08. The molecule has 0 fully saturated rings. The third-order valence-electron chi connectivity index (χ3n) is 2.33. The SMILES string of the molecule is COCCOCC(N)Cc1cc(C)nn1C. The molecule has 0 saturated carbocycles. The normalized spacial score (nSPS) is 13.0. The number of rotatable bonds is 7. The van der Waals surface area contributed by atoms with Crippen LogP contribution in [0.5, 0.6) is 0 Å². The maximum Gasteiger partial charge on any atom is 0.0701 e. The predicted molar refractivity (Wildman–Crippen MR) is 62.3 cm³/mol. The molecule has 5 heteroatoms. The fraction of sp³-hybridized carbons (Fsp3) is 0.727. The molecule has 0 amide bonds. The number of aryl methyl sites for hydroxylation is 2. The van der Waals surface area contributed by atoms with Crippen molar-refractivity contribution in [1.29, 1.82) is 0 Å². The van der Waals surface area contributed by atoms with Crippen molar-refractivity contribution in [3.63, 3.8) is 0 Å². The van der Waals surface area contributed by atoms with Crippen LogP contribution in [0.25, 0.3) is 0 Å². The minimum Gasteiger partial charge on any atom is -0.382 e. The Morgan fingerprint density at radius 1 is 1.50 bits per heavy atom. The number of aromatic nitrogens is 2. The minimum absolute atomic E-state index is 0.00616. The van der Waals surface area contributed by atoms with Gasteiger partial charge in [0.15, 0.2) is 0 Å².